The van der Waals surface area contributed by atoms with Crippen molar-refractivity contribution in [2.75, 3.05) is 12.5 Å². The Balaban J connectivity index is 2.39. The minimum absolute atomic E-state index is 0.109. The molecule has 1 atom stereocenters. The van der Waals surface area contributed by atoms with Crippen LogP contribution < -0.4 is 5.69 Å². The first-order valence-corrected chi connectivity index (χ1v) is 7.40. The summed E-state index contributed by atoms with van der Waals surface area (Å²) < 4.78 is 5.47. The minimum atomic E-state index is -0.980. The molecule has 20 heavy (non-hydrogen) atoms. The fourth-order valence-electron chi connectivity index (χ4n) is 1.93. The van der Waals surface area contributed by atoms with E-state index in [4.69, 9.17) is 16.3 Å². The molecule has 0 aromatic carbocycles. The Morgan fingerprint density at radius 3 is 3.00 bits per heavy atom. The highest BCUT2D eigenvalue weighted by Gasteiger charge is 2.47. The van der Waals surface area contributed by atoms with Gasteiger partial charge in [-0.3, -0.25) is 14.4 Å². The van der Waals surface area contributed by atoms with Gasteiger partial charge in [-0.1, -0.05) is 11.6 Å². The number of hydrogen-bond donors (Lipinski definition) is 0. The van der Waals surface area contributed by atoms with Gasteiger partial charge in [0.15, 0.2) is 4.75 Å². The van der Waals surface area contributed by atoms with Gasteiger partial charge < -0.3 is 4.74 Å². The molecule has 0 saturated heterocycles. The average Bonchev–Trinajstić information content (AvgIpc) is 2.77. The molecule has 2 rings (SSSR count). The summed E-state index contributed by atoms with van der Waals surface area (Å²) in [6.07, 6.45) is 2.74. The summed E-state index contributed by atoms with van der Waals surface area (Å²) in [7, 11) is 0. The number of esters is 1. The SMILES string of the molecule is CCOC(=O)C1(Cn2cc(Cl)cnc2=O)SCN=C1C. The lowest BCUT2D eigenvalue weighted by Crippen LogP contribution is -2.47. The highest BCUT2D eigenvalue weighted by Crippen LogP contribution is 2.35. The first-order chi connectivity index (χ1) is 9.49. The lowest BCUT2D eigenvalue weighted by Gasteiger charge is -2.26. The molecule has 1 aliphatic heterocycles. The molecule has 0 saturated carbocycles. The van der Waals surface area contributed by atoms with Crippen molar-refractivity contribution in [1.29, 1.82) is 0 Å². The van der Waals surface area contributed by atoms with Crippen molar-refractivity contribution < 1.29 is 9.53 Å². The number of hydrogen-bond acceptors (Lipinski definition) is 6. The monoisotopic (exact) mass is 315 g/mol. The Hall–Kier alpha value is -1.34. The second kappa shape index (κ2) is 5.97. The maximum absolute atomic E-state index is 12.3. The molecule has 1 unspecified atom stereocenters. The number of ether oxygens (including phenoxy) is 1. The van der Waals surface area contributed by atoms with Gasteiger partial charge in [0.05, 0.1) is 30.2 Å². The smallest absolute Gasteiger partial charge is 0.347 e. The van der Waals surface area contributed by atoms with E-state index in [0.29, 0.717) is 16.6 Å². The second-order valence-corrected chi connectivity index (χ2v) is 5.93. The van der Waals surface area contributed by atoms with Crippen molar-refractivity contribution in [2.24, 2.45) is 4.99 Å². The van der Waals surface area contributed by atoms with Crippen LogP contribution in [0.1, 0.15) is 13.8 Å². The summed E-state index contributed by atoms with van der Waals surface area (Å²) in [6, 6.07) is 0. The second-order valence-electron chi connectivity index (χ2n) is 4.25. The van der Waals surface area contributed by atoms with Gasteiger partial charge in [-0.15, -0.1) is 11.8 Å². The van der Waals surface area contributed by atoms with Gasteiger partial charge in [0.25, 0.3) is 0 Å². The first-order valence-electron chi connectivity index (χ1n) is 6.04. The molecule has 8 heteroatoms. The maximum atomic E-state index is 12.3. The summed E-state index contributed by atoms with van der Waals surface area (Å²) >= 11 is 7.20. The Labute approximate surface area is 125 Å². The zero-order chi connectivity index (χ0) is 14.8. The summed E-state index contributed by atoms with van der Waals surface area (Å²) in [6.45, 7) is 3.89. The fraction of sp³-hybridized carbons (Fsp3) is 0.500. The number of carbonyl (C=O) groups excluding carboxylic acids is 1. The van der Waals surface area contributed by atoms with Crippen molar-refractivity contribution in [3.05, 3.63) is 27.9 Å². The molecule has 1 aromatic rings. The van der Waals surface area contributed by atoms with E-state index in [-0.39, 0.29) is 13.2 Å². The van der Waals surface area contributed by atoms with Crippen LogP contribution in [0.3, 0.4) is 0 Å². The van der Waals surface area contributed by atoms with Gasteiger partial charge >= 0.3 is 11.7 Å². The van der Waals surface area contributed by atoms with E-state index in [2.05, 4.69) is 9.98 Å². The van der Waals surface area contributed by atoms with Crippen LogP contribution in [-0.4, -0.2) is 38.5 Å². The zero-order valence-electron chi connectivity index (χ0n) is 11.1. The molecule has 2 heterocycles. The quantitative estimate of drug-likeness (QED) is 0.784. The topological polar surface area (TPSA) is 73.6 Å². The van der Waals surface area contributed by atoms with Crippen LogP contribution in [0.4, 0.5) is 0 Å². The molecule has 1 aromatic heterocycles. The third-order valence-corrected chi connectivity index (χ3v) is 4.56. The highest BCUT2D eigenvalue weighted by atomic mass is 35.5. The lowest BCUT2D eigenvalue weighted by atomic mass is 10.0. The normalized spacial score (nSPS) is 21.6. The van der Waals surface area contributed by atoms with E-state index in [1.807, 2.05) is 0 Å². The van der Waals surface area contributed by atoms with Crippen molar-refractivity contribution >= 4 is 35.0 Å². The van der Waals surface area contributed by atoms with Gasteiger partial charge in [0.2, 0.25) is 0 Å². The summed E-state index contributed by atoms with van der Waals surface area (Å²) in [4.78, 5) is 32.0. The van der Waals surface area contributed by atoms with Crippen LogP contribution in [0.5, 0.6) is 0 Å². The zero-order valence-corrected chi connectivity index (χ0v) is 12.7. The van der Waals surface area contributed by atoms with E-state index in [1.165, 1.54) is 28.7 Å². The van der Waals surface area contributed by atoms with E-state index in [1.54, 1.807) is 13.8 Å². The molecule has 1 aliphatic rings. The van der Waals surface area contributed by atoms with Crippen LogP contribution in [0, 0.1) is 0 Å². The van der Waals surface area contributed by atoms with Gasteiger partial charge in [-0.25, -0.2) is 9.78 Å². The van der Waals surface area contributed by atoms with Gasteiger partial charge in [0.1, 0.15) is 0 Å². The van der Waals surface area contributed by atoms with Crippen LogP contribution in [0.2, 0.25) is 5.02 Å². The number of rotatable bonds is 4. The van der Waals surface area contributed by atoms with Gasteiger partial charge in [0, 0.05) is 11.9 Å². The molecule has 0 spiro atoms. The molecule has 0 radical (unpaired) electrons. The van der Waals surface area contributed by atoms with E-state index in [0.717, 1.165) is 0 Å². The average molecular weight is 316 g/mol. The number of aromatic nitrogens is 2. The molecule has 0 aliphatic carbocycles. The Morgan fingerprint density at radius 1 is 1.65 bits per heavy atom. The van der Waals surface area contributed by atoms with Crippen molar-refractivity contribution in [2.45, 2.75) is 25.1 Å². The summed E-state index contributed by atoms with van der Waals surface area (Å²) in [5, 5.41) is 0.334. The predicted octanol–water partition coefficient (Wildman–Crippen LogP) is 1.36. The molecule has 6 nitrogen and oxygen atoms in total. The first kappa shape index (κ1) is 15.1. The number of thioether (sulfide) groups is 1. The molecule has 0 fully saturated rings. The Bertz CT molecular complexity index is 616. The van der Waals surface area contributed by atoms with Gasteiger partial charge in [-0.2, -0.15) is 0 Å². The van der Waals surface area contributed by atoms with Crippen LogP contribution in [0.15, 0.2) is 22.2 Å². The van der Waals surface area contributed by atoms with Crippen LogP contribution in [0.25, 0.3) is 0 Å². The highest BCUT2D eigenvalue weighted by molar-refractivity contribution is 8.02. The van der Waals surface area contributed by atoms with Crippen LogP contribution >= 0.6 is 23.4 Å². The number of aliphatic imine (C=N–C) groups is 1. The third-order valence-electron chi connectivity index (χ3n) is 3.02. The number of nitrogens with zero attached hydrogens (tertiary/aromatic N) is 3. The molecule has 108 valence electrons. The van der Waals surface area contributed by atoms with Crippen molar-refractivity contribution in [3.8, 4) is 0 Å². The Morgan fingerprint density at radius 2 is 2.40 bits per heavy atom. The number of halogens is 1. The minimum Gasteiger partial charge on any atom is -0.465 e. The maximum Gasteiger partial charge on any atom is 0.347 e. The lowest BCUT2D eigenvalue weighted by molar-refractivity contribution is -0.144. The molecule has 0 bridgehead atoms. The number of carbonyl (C=O) groups is 1. The van der Waals surface area contributed by atoms with Crippen molar-refractivity contribution in [1.82, 2.24) is 9.55 Å². The molecular weight excluding hydrogens is 302 g/mol. The summed E-state index contributed by atoms with van der Waals surface area (Å²) in [5.74, 6) is 0.0727. The largest absolute Gasteiger partial charge is 0.465 e. The fourth-order valence-corrected chi connectivity index (χ4v) is 3.26. The Kier molecular flexibility index (Phi) is 4.49. The van der Waals surface area contributed by atoms with Crippen LogP contribution in [-0.2, 0) is 16.1 Å². The molecular formula is C12H14ClN3O3S. The van der Waals surface area contributed by atoms with E-state index < -0.39 is 16.4 Å². The van der Waals surface area contributed by atoms with E-state index >= 15 is 0 Å². The van der Waals surface area contributed by atoms with Gasteiger partial charge in [-0.05, 0) is 13.8 Å². The van der Waals surface area contributed by atoms with Crippen molar-refractivity contribution in [3.63, 3.8) is 0 Å². The predicted molar refractivity (Wildman–Crippen MR) is 78.4 cm³/mol. The standard InChI is InChI=1S/C12H14ClN3O3S/c1-3-19-10(17)12(8(2)15-7-20-12)6-16-5-9(13)4-14-11(16)18/h4-5H,3,6-7H2,1-2H3. The summed E-state index contributed by atoms with van der Waals surface area (Å²) in [5.41, 5.74) is 0.186. The molecule has 0 N–H and O–H groups in total. The van der Waals surface area contributed by atoms with E-state index in [9.17, 15) is 9.59 Å². The molecule has 0 amide bonds. The third kappa shape index (κ3) is 2.73.